The Morgan fingerprint density at radius 2 is 1.81 bits per heavy atom. The van der Waals surface area contributed by atoms with Crippen LogP contribution >= 0.6 is 11.8 Å². The number of rotatable bonds is 5. The average Bonchev–Trinajstić information content (AvgIpc) is 2.47. The molecule has 0 aliphatic rings. The fourth-order valence-electron chi connectivity index (χ4n) is 1.89. The van der Waals surface area contributed by atoms with E-state index < -0.39 is 10.0 Å². The summed E-state index contributed by atoms with van der Waals surface area (Å²) >= 11 is 1.47. The van der Waals surface area contributed by atoms with Gasteiger partial charge in [-0.2, -0.15) is 5.26 Å². The molecule has 0 aliphatic heterocycles. The zero-order valence-electron chi connectivity index (χ0n) is 11.4. The van der Waals surface area contributed by atoms with Crippen molar-refractivity contribution < 1.29 is 8.42 Å². The van der Waals surface area contributed by atoms with Gasteiger partial charge in [0.1, 0.15) is 0 Å². The first-order valence-electron chi connectivity index (χ1n) is 6.17. The lowest BCUT2D eigenvalue weighted by Crippen LogP contribution is -2.16. The van der Waals surface area contributed by atoms with Gasteiger partial charge in [-0.15, -0.1) is 11.8 Å². The smallest absolute Gasteiger partial charge is 0.237 e. The van der Waals surface area contributed by atoms with Gasteiger partial charge in [-0.05, 0) is 30.0 Å². The van der Waals surface area contributed by atoms with Crippen molar-refractivity contribution in [1.29, 1.82) is 5.26 Å². The highest BCUT2D eigenvalue weighted by atomic mass is 32.2. The minimum absolute atomic E-state index is 0.223. The third-order valence-corrected chi connectivity index (χ3v) is 4.87. The number of nitrogens with zero attached hydrogens (tertiary/aromatic N) is 1. The molecule has 0 bridgehead atoms. The number of thioether (sulfide) groups is 1. The van der Waals surface area contributed by atoms with Crippen molar-refractivity contribution >= 4 is 27.5 Å². The second-order valence-electron chi connectivity index (χ2n) is 4.33. The molecule has 2 aromatic carbocycles. The Bertz CT molecular complexity index is 780. The van der Waals surface area contributed by atoms with Crippen LogP contribution in [0.3, 0.4) is 0 Å². The van der Waals surface area contributed by atoms with Gasteiger partial charge < -0.3 is 0 Å². The summed E-state index contributed by atoms with van der Waals surface area (Å²) < 4.78 is 27.1. The standard InChI is InChI=1S/C15H14N2O2S2/c1-20-15-9-5-4-8-14(15)17-21(18,19)11-13-7-3-2-6-12(13)10-16/h2-9,17H,11H2,1H3. The quantitative estimate of drug-likeness (QED) is 0.859. The van der Waals surface area contributed by atoms with Crippen LogP contribution in [0.2, 0.25) is 0 Å². The fraction of sp³-hybridized carbons (Fsp3) is 0.133. The van der Waals surface area contributed by atoms with Crippen LogP contribution in [0.25, 0.3) is 0 Å². The summed E-state index contributed by atoms with van der Waals surface area (Å²) in [6, 6.07) is 15.9. The molecule has 0 aromatic heterocycles. The Hall–Kier alpha value is -1.97. The van der Waals surface area contributed by atoms with E-state index in [9.17, 15) is 8.42 Å². The molecule has 0 spiro atoms. The minimum atomic E-state index is -3.57. The van der Waals surface area contributed by atoms with Crippen molar-refractivity contribution in [2.24, 2.45) is 0 Å². The van der Waals surface area contributed by atoms with E-state index in [1.807, 2.05) is 24.5 Å². The maximum Gasteiger partial charge on any atom is 0.237 e. The van der Waals surface area contributed by atoms with Crippen molar-refractivity contribution in [2.75, 3.05) is 11.0 Å². The number of sulfonamides is 1. The van der Waals surface area contributed by atoms with Gasteiger partial charge in [0.2, 0.25) is 10.0 Å². The predicted octanol–water partition coefficient (Wildman–Crippen LogP) is 3.22. The second-order valence-corrected chi connectivity index (χ2v) is 6.90. The molecule has 2 rings (SSSR count). The van der Waals surface area contributed by atoms with Crippen molar-refractivity contribution in [2.45, 2.75) is 10.6 Å². The van der Waals surface area contributed by atoms with E-state index in [0.29, 0.717) is 16.8 Å². The molecule has 0 radical (unpaired) electrons. The molecule has 0 amide bonds. The number of para-hydroxylation sites is 1. The highest BCUT2D eigenvalue weighted by molar-refractivity contribution is 7.99. The molecule has 4 nitrogen and oxygen atoms in total. The van der Waals surface area contributed by atoms with Gasteiger partial charge in [0.15, 0.2) is 0 Å². The summed E-state index contributed by atoms with van der Waals surface area (Å²) in [5.74, 6) is -0.223. The number of nitriles is 1. The van der Waals surface area contributed by atoms with E-state index in [-0.39, 0.29) is 5.75 Å². The molecule has 1 N–H and O–H groups in total. The van der Waals surface area contributed by atoms with E-state index in [1.165, 1.54) is 11.8 Å². The summed E-state index contributed by atoms with van der Waals surface area (Å²) in [6.07, 6.45) is 1.89. The van der Waals surface area contributed by atoms with Gasteiger partial charge in [-0.3, -0.25) is 4.72 Å². The molecule has 21 heavy (non-hydrogen) atoms. The Kier molecular flexibility index (Phi) is 4.89. The van der Waals surface area contributed by atoms with Crippen LogP contribution in [0.5, 0.6) is 0 Å². The zero-order valence-corrected chi connectivity index (χ0v) is 13.0. The van der Waals surface area contributed by atoms with Crippen LogP contribution in [0.1, 0.15) is 11.1 Å². The summed E-state index contributed by atoms with van der Waals surface area (Å²) in [5.41, 5.74) is 1.43. The predicted molar refractivity (Wildman–Crippen MR) is 85.6 cm³/mol. The molecule has 0 fully saturated rings. The number of nitrogens with one attached hydrogen (secondary N) is 1. The minimum Gasteiger partial charge on any atom is -0.282 e. The van der Waals surface area contributed by atoms with Crippen molar-refractivity contribution in [3.8, 4) is 6.07 Å². The van der Waals surface area contributed by atoms with Gasteiger partial charge in [0.25, 0.3) is 0 Å². The lowest BCUT2D eigenvalue weighted by molar-refractivity contribution is 0.600. The Labute approximate surface area is 128 Å². The van der Waals surface area contributed by atoms with E-state index in [0.717, 1.165) is 4.90 Å². The zero-order chi connectivity index (χ0) is 15.3. The van der Waals surface area contributed by atoms with Crippen LogP contribution in [0.4, 0.5) is 5.69 Å². The fourth-order valence-corrected chi connectivity index (χ4v) is 3.76. The van der Waals surface area contributed by atoms with Gasteiger partial charge in [0, 0.05) is 4.90 Å². The average molecular weight is 318 g/mol. The molecule has 108 valence electrons. The summed E-state index contributed by atoms with van der Waals surface area (Å²) in [6.45, 7) is 0. The Morgan fingerprint density at radius 1 is 1.14 bits per heavy atom. The number of anilines is 1. The highest BCUT2D eigenvalue weighted by Crippen LogP contribution is 2.26. The lowest BCUT2D eigenvalue weighted by atomic mass is 10.1. The van der Waals surface area contributed by atoms with Crippen LogP contribution in [0.15, 0.2) is 53.4 Å². The molecular formula is C15H14N2O2S2. The topological polar surface area (TPSA) is 70.0 Å². The third-order valence-electron chi connectivity index (χ3n) is 2.86. The molecular weight excluding hydrogens is 304 g/mol. The van der Waals surface area contributed by atoms with Gasteiger partial charge in [-0.1, -0.05) is 30.3 Å². The SMILES string of the molecule is CSc1ccccc1NS(=O)(=O)Cc1ccccc1C#N. The molecule has 2 aromatic rings. The number of benzene rings is 2. The van der Waals surface area contributed by atoms with Crippen LogP contribution < -0.4 is 4.72 Å². The van der Waals surface area contributed by atoms with E-state index >= 15 is 0 Å². The largest absolute Gasteiger partial charge is 0.282 e. The normalized spacial score (nSPS) is 10.9. The summed E-state index contributed by atoms with van der Waals surface area (Å²) in [5, 5.41) is 9.02. The lowest BCUT2D eigenvalue weighted by Gasteiger charge is -2.11. The maximum absolute atomic E-state index is 12.3. The van der Waals surface area contributed by atoms with E-state index in [2.05, 4.69) is 4.72 Å². The molecule has 0 aliphatic carbocycles. The first kappa shape index (κ1) is 15.4. The molecule has 6 heteroatoms. The third kappa shape index (κ3) is 4.00. The highest BCUT2D eigenvalue weighted by Gasteiger charge is 2.15. The first-order valence-corrected chi connectivity index (χ1v) is 9.05. The molecule has 0 saturated carbocycles. The van der Waals surface area contributed by atoms with Gasteiger partial charge >= 0.3 is 0 Å². The van der Waals surface area contributed by atoms with E-state index in [4.69, 9.17) is 5.26 Å². The van der Waals surface area contributed by atoms with Crippen molar-refractivity contribution in [3.05, 3.63) is 59.7 Å². The molecule has 0 heterocycles. The number of hydrogen-bond acceptors (Lipinski definition) is 4. The molecule has 0 atom stereocenters. The summed E-state index contributed by atoms with van der Waals surface area (Å²) in [7, 11) is -3.57. The van der Waals surface area contributed by atoms with Crippen LogP contribution in [-0.2, 0) is 15.8 Å². The Morgan fingerprint density at radius 3 is 2.52 bits per heavy atom. The number of hydrogen-bond donors (Lipinski definition) is 1. The summed E-state index contributed by atoms with van der Waals surface area (Å²) in [4.78, 5) is 0.856. The molecule has 0 unspecified atom stereocenters. The monoisotopic (exact) mass is 318 g/mol. The van der Waals surface area contributed by atoms with E-state index in [1.54, 1.807) is 36.4 Å². The van der Waals surface area contributed by atoms with Crippen LogP contribution in [0, 0.1) is 11.3 Å². The van der Waals surface area contributed by atoms with Gasteiger partial charge in [-0.25, -0.2) is 8.42 Å². The van der Waals surface area contributed by atoms with Crippen LogP contribution in [-0.4, -0.2) is 14.7 Å². The Balaban J connectivity index is 2.25. The second kappa shape index (κ2) is 6.66. The first-order chi connectivity index (χ1) is 10.1. The molecule has 0 saturated heterocycles. The van der Waals surface area contributed by atoms with Crippen molar-refractivity contribution in [3.63, 3.8) is 0 Å². The maximum atomic E-state index is 12.3. The van der Waals surface area contributed by atoms with Crippen molar-refractivity contribution in [1.82, 2.24) is 0 Å². The van der Waals surface area contributed by atoms with Gasteiger partial charge in [0.05, 0.1) is 23.1 Å².